The summed E-state index contributed by atoms with van der Waals surface area (Å²) < 4.78 is 0. The first-order valence-corrected chi connectivity index (χ1v) is 18.2. The maximum atomic E-state index is 2.56. The van der Waals surface area contributed by atoms with Gasteiger partial charge in [0.2, 0.25) is 0 Å². The summed E-state index contributed by atoms with van der Waals surface area (Å²) in [6.07, 6.45) is 5.49. The Balaban J connectivity index is 0.996. The van der Waals surface area contributed by atoms with Crippen molar-refractivity contribution in [3.05, 3.63) is 187 Å². The van der Waals surface area contributed by atoms with Gasteiger partial charge in [-0.1, -0.05) is 134 Å². The Hall–Kier alpha value is -5.66. The van der Waals surface area contributed by atoms with E-state index in [0.717, 1.165) is 28.9 Å². The van der Waals surface area contributed by atoms with Crippen molar-refractivity contribution in [1.82, 2.24) is 0 Å². The minimum Gasteiger partial charge on any atom is -0.310 e. The molecule has 0 saturated heterocycles. The third kappa shape index (κ3) is 4.68. The second kappa shape index (κ2) is 11.7. The van der Waals surface area contributed by atoms with Crippen LogP contribution in [0.2, 0.25) is 0 Å². The molecule has 0 heterocycles. The van der Waals surface area contributed by atoms with Gasteiger partial charge in [0.1, 0.15) is 0 Å². The zero-order valence-electron chi connectivity index (χ0n) is 28.2. The van der Waals surface area contributed by atoms with E-state index in [-0.39, 0.29) is 5.41 Å². The average molecular weight is 642 g/mol. The van der Waals surface area contributed by atoms with E-state index in [2.05, 4.69) is 181 Å². The molecule has 0 aromatic heterocycles. The van der Waals surface area contributed by atoms with E-state index in [0.29, 0.717) is 0 Å². The molecule has 50 heavy (non-hydrogen) atoms. The van der Waals surface area contributed by atoms with E-state index in [1.807, 2.05) is 0 Å². The number of rotatable bonds is 6. The molecular formula is C49H39N. The van der Waals surface area contributed by atoms with E-state index < -0.39 is 0 Å². The molecule has 0 N–H and O–H groups in total. The van der Waals surface area contributed by atoms with Gasteiger partial charge in [-0.25, -0.2) is 0 Å². The van der Waals surface area contributed by atoms with Gasteiger partial charge in [-0.15, -0.1) is 0 Å². The predicted molar refractivity (Wildman–Crippen MR) is 209 cm³/mol. The molecule has 1 nitrogen and oxygen atoms in total. The first-order chi connectivity index (χ1) is 24.7. The van der Waals surface area contributed by atoms with Crippen LogP contribution in [0, 0.1) is 11.8 Å². The minimum atomic E-state index is 0.198. The fourth-order valence-corrected chi connectivity index (χ4v) is 9.73. The molecule has 0 aliphatic heterocycles. The second-order valence-corrected chi connectivity index (χ2v) is 14.6. The molecule has 1 heteroatoms. The van der Waals surface area contributed by atoms with Crippen LogP contribution in [0.5, 0.6) is 0 Å². The Bertz CT molecular complexity index is 2340. The highest BCUT2D eigenvalue weighted by Crippen LogP contribution is 2.65. The number of nitrogens with zero attached hydrogens (tertiary/aromatic N) is 1. The summed E-state index contributed by atoms with van der Waals surface area (Å²) in [7, 11) is 0. The Morgan fingerprint density at radius 3 is 1.72 bits per heavy atom. The topological polar surface area (TPSA) is 3.24 Å². The van der Waals surface area contributed by atoms with E-state index in [1.54, 1.807) is 11.1 Å². The van der Waals surface area contributed by atoms with Gasteiger partial charge in [-0.05, 0) is 135 Å². The quantitative estimate of drug-likeness (QED) is 0.175. The van der Waals surface area contributed by atoms with Crippen LogP contribution in [0.4, 0.5) is 17.1 Å². The molecule has 0 amide bonds. The van der Waals surface area contributed by atoms with E-state index in [1.165, 1.54) is 70.2 Å². The lowest BCUT2D eigenvalue weighted by molar-refractivity contribution is 0.327. The highest BCUT2D eigenvalue weighted by atomic mass is 15.1. The molecular weight excluding hydrogens is 603 g/mol. The van der Waals surface area contributed by atoms with E-state index in [9.17, 15) is 0 Å². The molecule has 1 spiro atoms. The number of para-hydroxylation sites is 1. The van der Waals surface area contributed by atoms with Gasteiger partial charge < -0.3 is 4.90 Å². The van der Waals surface area contributed by atoms with Crippen molar-refractivity contribution in [1.29, 1.82) is 0 Å². The minimum absolute atomic E-state index is 0.198. The standard InChI is InChI=1S/C49H39N/c1-3-11-35(12-4-1)39-15-10-18-44(31-39)50(42-16-5-2-6-17-42)43-26-22-36(23-27-43)37-13-9-14-38(30-37)40-24-28-46-45-19-7-8-20-47(45)49(48(46)32-40)33-34-21-25-41(49)29-34/h1-20,22-24,26-28,30-32,34,41H,21,25,29,33H2. The predicted octanol–water partition coefficient (Wildman–Crippen LogP) is 13.2. The molecule has 2 saturated carbocycles. The summed E-state index contributed by atoms with van der Waals surface area (Å²) in [5, 5.41) is 0. The van der Waals surface area contributed by atoms with Crippen LogP contribution in [-0.2, 0) is 5.41 Å². The molecule has 240 valence electrons. The maximum absolute atomic E-state index is 2.56. The van der Waals surface area contributed by atoms with Crippen LogP contribution < -0.4 is 4.90 Å². The lowest BCUT2D eigenvalue weighted by Gasteiger charge is -2.36. The normalized spacial score (nSPS) is 19.8. The third-order valence-electron chi connectivity index (χ3n) is 11.9. The summed E-state index contributed by atoms with van der Waals surface area (Å²) in [5.41, 5.74) is 17.2. The molecule has 3 aliphatic rings. The van der Waals surface area contributed by atoms with Crippen LogP contribution in [-0.4, -0.2) is 0 Å². The summed E-state index contributed by atoms with van der Waals surface area (Å²) >= 11 is 0. The number of fused-ring (bicyclic) bond motifs is 8. The van der Waals surface area contributed by atoms with Crippen molar-refractivity contribution in [3.63, 3.8) is 0 Å². The first kappa shape index (κ1) is 29.3. The summed E-state index contributed by atoms with van der Waals surface area (Å²) in [6.45, 7) is 0. The van der Waals surface area contributed by atoms with Crippen LogP contribution in [0.1, 0.15) is 36.8 Å². The number of hydrogen-bond acceptors (Lipinski definition) is 1. The Labute approximate surface area is 295 Å². The van der Waals surface area contributed by atoms with Crippen LogP contribution in [0.25, 0.3) is 44.5 Å². The van der Waals surface area contributed by atoms with Gasteiger partial charge in [0.15, 0.2) is 0 Å². The second-order valence-electron chi connectivity index (χ2n) is 14.6. The van der Waals surface area contributed by atoms with Gasteiger partial charge in [0.05, 0.1) is 0 Å². The number of hydrogen-bond donors (Lipinski definition) is 0. The molecule has 0 radical (unpaired) electrons. The van der Waals surface area contributed by atoms with Gasteiger partial charge in [0.25, 0.3) is 0 Å². The summed E-state index contributed by atoms with van der Waals surface area (Å²) in [5.74, 6) is 1.64. The molecule has 7 aromatic rings. The van der Waals surface area contributed by atoms with Crippen LogP contribution >= 0.6 is 0 Å². The molecule has 10 rings (SSSR count). The van der Waals surface area contributed by atoms with Gasteiger partial charge in [-0.3, -0.25) is 0 Å². The van der Waals surface area contributed by atoms with E-state index in [4.69, 9.17) is 0 Å². The fraction of sp³-hybridized carbons (Fsp3) is 0.143. The Kier molecular flexibility index (Phi) is 6.88. The van der Waals surface area contributed by atoms with Gasteiger partial charge >= 0.3 is 0 Å². The number of benzene rings is 7. The Morgan fingerprint density at radius 2 is 0.960 bits per heavy atom. The molecule has 3 atom stereocenters. The van der Waals surface area contributed by atoms with Crippen LogP contribution in [0.15, 0.2) is 176 Å². The average Bonchev–Trinajstić information content (AvgIpc) is 3.89. The molecule has 2 bridgehead atoms. The Morgan fingerprint density at radius 1 is 0.400 bits per heavy atom. The van der Waals surface area contributed by atoms with Gasteiger partial charge in [0, 0.05) is 22.5 Å². The lowest BCUT2D eigenvalue weighted by Crippen LogP contribution is -2.31. The molecule has 3 unspecified atom stereocenters. The highest BCUT2D eigenvalue weighted by molar-refractivity contribution is 5.86. The van der Waals surface area contributed by atoms with Crippen molar-refractivity contribution < 1.29 is 0 Å². The SMILES string of the molecule is c1ccc(-c2cccc(N(c3ccccc3)c3ccc(-c4cccc(-c5ccc6c(c5)C5(CC7CCC5C7)c5ccccc5-6)c4)cc3)c2)cc1. The zero-order valence-corrected chi connectivity index (χ0v) is 28.2. The molecule has 3 aliphatic carbocycles. The van der Waals surface area contributed by atoms with Crippen molar-refractivity contribution in [2.45, 2.75) is 31.1 Å². The van der Waals surface area contributed by atoms with Gasteiger partial charge in [-0.2, -0.15) is 0 Å². The lowest BCUT2D eigenvalue weighted by atomic mass is 9.66. The first-order valence-electron chi connectivity index (χ1n) is 18.2. The monoisotopic (exact) mass is 641 g/mol. The maximum Gasteiger partial charge on any atom is 0.0467 e. The summed E-state index contributed by atoms with van der Waals surface area (Å²) in [4.78, 5) is 2.35. The zero-order chi connectivity index (χ0) is 33.1. The third-order valence-corrected chi connectivity index (χ3v) is 11.9. The van der Waals surface area contributed by atoms with Crippen molar-refractivity contribution >= 4 is 17.1 Å². The van der Waals surface area contributed by atoms with E-state index >= 15 is 0 Å². The van der Waals surface area contributed by atoms with Crippen molar-refractivity contribution in [2.24, 2.45) is 11.8 Å². The smallest absolute Gasteiger partial charge is 0.0467 e. The number of anilines is 3. The van der Waals surface area contributed by atoms with Crippen molar-refractivity contribution in [2.75, 3.05) is 4.90 Å². The van der Waals surface area contributed by atoms with Crippen LogP contribution in [0.3, 0.4) is 0 Å². The largest absolute Gasteiger partial charge is 0.310 e. The highest BCUT2D eigenvalue weighted by Gasteiger charge is 2.56. The molecule has 7 aromatic carbocycles. The fourth-order valence-electron chi connectivity index (χ4n) is 9.73. The summed E-state index contributed by atoms with van der Waals surface area (Å²) in [6, 6.07) is 64.9. The molecule has 2 fully saturated rings. The van der Waals surface area contributed by atoms with Crippen molar-refractivity contribution in [3.8, 4) is 44.5 Å².